The summed E-state index contributed by atoms with van der Waals surface area (Å²) in [5.41, 5.74) is 0.882. The van der Waals surface area contributed by atoms with Gasteiger partial charge in [0.05, 0.1) is 9.71 Å². The van der Waals surface area contributed by atoms with E-state index in [1.807, 2.05) is 6.92 Å². The number of aryl methyl sites for hydroxylation is 1. The summed E-state index contributed by atoms with van der Waals surface area (Å²) >= 11 is 1.38. The monoisotopic (exact) mass is 372 g/mol. The Bertz CT molecular complexity index is 952. The summed E-state index contributed by atoms with van der Waals surface area (Å²) in [6, 6.07) is 6.39. The number of fused-ring (bicyclic) bond motifs is 1. The number of nitrogens with one attached hydrogen (secondary N) is 2. The second-order valence-electron chi connectivity index (χ2n) is 6.01. The Kier molecular flexibility index (Phi) is 4.48. The van der Waals surface area contributed by atoms with Crippen LogP contribution in [0.1, 0.15) is 15.5 Å². The zero-order chi connectivity index (χ0) is 18.1. The average Bonchev–Trinajstić information content (AvgIpc) is 3.03. The van der Waals surface area contributed by atoms with E-state index >= 15 is 0 Å². The largest absolute Gasteiger partial charge is 0.353 e. The van der Waals surface area contributed by atoms with Crippen molar-refractivity contribution in [1.82, 2.24) is 20.5 Å². The number of hydrogen-bond donors (Lipinski definition) is 2. The molecule has 2 aromatic heterocycles. The highest BCUT2D eigenvalue weighted by atomic mass is 32.1. The molecule has 7 nitrogen and oxygen atoms in total. The molecule has 1 aromatic carbocycles. The molecule has 0 radical (unpaired) electrons. The van der Waals surface area contributed by atoms with E-state index in [1.54, 1.807) is 18.2 Å². The molecule has 2 N–H and O–H groups in total. The molecule has 0 saturated carbocycles. The number of anilines is 2. The zero-order valence-corrected chi connectivity index (χ0v) is 14.9. The molecule has 4 rings (SSSR count). The van der Waals surface area contributed by atoms with Crippen molar-refractivity contribution in [3.05, 3.63) is 40.8 Å². The predicted octanol–water partition coefficient (Wildman–Crippen LogP) is 2.20. The first-order chi connectivity index (χ1) is 12.6. The smallest absolute Gasteiger partial charge is 0.276 e. The van der Waals surface area contributed by atoms with Crippen LogP contribution < -0.4 is 15.5 Å². The normalized spacial score (nSPS) is 14.6. The number of thiazole rings is 1. The van der Waals surface area contributed by atoms with E-state index in [2.05, 4.69) is 30.7 Å². The Balaban J connectivity index is 1.51. The quantitative estimate of drug-likeness (QED) is 0.733. The number of carbonyl (C=O) groups is 1. The molecule has 1 saturated heterocycles. The number of nitrogens with zero attached hydrogens (tertiary/aromatic N) is 4. The van der Waals surface area contributed by atoms with Gasteiger partial charge >= 0.3 is 0 Å². The van der Waals surface area contributed by atoms with E-state index in [0.29, 0.717) is 15.9 Å². The second-order valence-corrected chi connectivity index (χ2v) is 7.24. The van der Waals surface area contributed by atoms with Crippen molar-refractivity contribution < 1.29 is 9.18 Å². The molecule has 1 aliphatic rings. The number of piperazine rings is 1. The fourth-order valence-electron chi connectivity index (χ4n) is 2.88. The number of benzene rings is 1. The van der Waals surface area contributed by atoms with Gasteiger partial charge in [0.1, 0.15) is 5.52 Å². The van der Waals surface area contributed by atoms with Crippen molar-refractivity contribution in [3.8, 4) is 0 Å². The first kappa shape index (κ1) is 16.8. The average molecular weight is 372 g/mol. The molecular formula is C17H17FN6OS. The van der Waals surface area contributed by atoms with E-state index in [-0.39, 0.29) is 5.69 Å². The topological polar surface area (TPSA) is 83.0 Å². The van der Waals surface area contributed by atoms with Gasteiger partial charge in [-0.2, -0.15) is 0 Å². The first-order valence-corrected chi connectivity index (χ1v) is 9.09. The Morgan fingerprint density at radius 2 is 2.08 bits per heavy atom. The molecule has 1 amide bonds. The van der Waals surface area contributed by atoms with Crippen molar-refractivity contribution >= 4 is 39.0 Å². The summed E-state index contributed by atoms with van der Waals surface area (Å²) in [5.74, 6) is -0.137. The highest BCUT2D eigenvalue weighted by Gasteiger charge is 2.15. The van der Waals surface area contributed by atoms with Crippen LogP contribution >= 0.6 is 11.3 Å². The maximum absolute atomic E-state index is 14.1. The van der Waals surface area contributed by atoms with Crippen molar-refractivity contribution in [1.29, 1.82) is 0 Å². The summed E-state index contributed by atoms with van der Waals surface area (Å²) in [5, 5.41) is 14.9. The third kappa shape index (κ3) is 3.35. The van der Waals surface area contributed by atoms with Gasteiger partial charge in [0, 0.05) is 31.9 Å². The van der Waals surface area contributed by atoms with Gasteiger partial charge in [0.15, 0.2) is 17.3 Å². The van der Waals surface area contributed by atoms with Crippen LogP contribution in [0.2, 0.25) is 0 Å². The van der Waals surface area contributed by atoms with Crippen LogP contribution in [-0.2, 0) is 0 Å². The zero-order valence-electron chi connectivity index (χ0n) is 14.1. The number of amides is 1. The fraction of sp³-hybridized carbons (Fsp3) is 0.294. The van der Waals surface area contributed by atoms with Crippen LogP contribution in [0.25, 0.3) is 10.2 Å². The summed E-state index contributed by atoms with van der Waals surface area (Å²) in [7, 11) is 0. The number of halogens is 1. The molecule has 26 heavy (non-hydrogen) atoms. The van der Waals surface area contributed by atoms with Gasteiger partial charge in [0.25, 0.3) is 5.91 Å². The second kappa shape index (κ2) is 6.93. The van der Waals surface area contributed by atoms with Crippen LogP contribution in [0.3, 0.4) is 0 Å². The maximum atomic E-state index is 14.1. The molecule has 0 bridgehead atoms. The van der Waals surface area contributed by atoms with E-state index in [0.717, 1.165) is 37.0 Å². The Labute approximate surface area is 153 Å². The van der Waals surface area contributed by atoms with Gasteiger partial charge in [-0.15, -0.1) is 21.5 Å². The Hall–Kier alpha value is -2.65. The third-order valence-corrected chi connectivity index (χ3v) is 5.06. The van der Waals surface area contributed by atoms with E-state index in [9.17, 15) is 9.18 Å². The molecule has 0 unspecified atom stereocenters. The van der Waals surface area contributed by atoms with Crippen molar-refractivity contribution in [2.24, 2.45) is 0 Å². The van der Waals surface area contributed by atoms with Crippen LogP contribution in [0.15, 0.2) is 24.3 Å². The number of aromatic nitrogens is 3. The van der Waals surface area contributed by atoms with E-state index < -0.39 is 11.7 Å². The predicted molar refractivity (Wildman–Crippen MR) is 99.4 cm³/mol. The third-order valence-electron chi connectivity index (χ3n) is 4.14. The van der Waals surface area contributed by atoms with Gasteiger partial charge in [-0.3, -0.25) is 4.79 Å². The van der Waals surface area contributed by atoms with Crippen molar-refractivity contribution in [2.75, 3.05) is 36.4 Å². The van der Waals surface area contributed by atoms with Crippen LogP contribution in [-0.4, -0.2) is 47.3 Å². The van der Waals surface area contributed by atoms with Gasteiger partial charge in [0.2, 0.25) is 0 Å². The van der Waals surface area contributed by atoms with Gasteiger partial charge in [-0.05, 0) is 31.2 Å². The summed E-state index contributed by atoms with van der Waals surface area (Å²) in [6.45, 7) is 5.32. The molecule has 3 aromatic rings. The van der Waals surface area contributed by atoms with Gasteiger partial charge in [-0.25, -0.2) is 9.37 Å². The van der Waals surface area contributed by atoms with Crippen LogP contribution in [0.5, 0.6) is 0 Å². The Morgan fingerprint density at radius 3 is 2.81 bits per heavy atom. The fourth-order valence-corrected chi connectivity index (χ4v) is 3.76. The lowest BCUT2D eigenvalue weighted by Gasteiger charge is -2.27. The number of rotatable bonds is 3. The van der Waals surface area contributed by atoms with Crippen LogP contribution in [0.4, 0.5) is 15.9 Å². The Morgan fingerprint density at radius 1 is 1.27 bits per heavy atom. The lowest BCUT2D eigenvalue weighted by Crippen LogP contribution is -2.44. The van der Waals surface area contributed by atoms with E-state index in [4.69, 9.17) is 0 Å². The maximum Gasteiger partial charge on any atom is 0.276 e. The molecule has 0 atom stereocenters. The molecule has 9 heteroatoms. The first-order valence-electron chi connectivity index (χ1n) is 8.27. The van der Waals surface area contributed by atoms with Crippen LogP contribution in [0, 0.1) is 12.7 Å². The number of carbonyl (C=O) groups excluding carboxylic acids is 1. The molecule has 0 spiro atoms. The minimum atomic E-state index is -0.456. The standard InChI is InChI=1S/C17H17FN6OS/c1-10-20-16-12(18)8-11(9-14(16)26-10)21-17(25)13-2-3-15(23-22-13)24-6-4-19-5-7-24/h2-3,8-9,19H,4-7H2,1H3,(H,21,25). The van der Waals surface area contributed by atoms with E-state index in [1.165, 1.54) is 17.4 Å². The summed E-state index contributed by atoms with van der Waals surface area (Å²) in [6.07, 6.45) is 0. The minimum absolute atomic E-state index is 0.185. The summed E-state index contributed by atoms with van der Waals surface area (Å²) in [4.78, 5) is 18.6. The lowest BCUT2D eigenvalue weighted by atomic mass is 10.2. The molecule has 3 heterocycles. The highest BCUT2D eigenvalue weighted by Crippen LogP contribution is 2.27. The van der Waals surface area contributed by atoms with Crippen molar-refractivity contribution in [3.63, 3.8) is 0 Å². The molecular weight excluding hydrogens is 355 g/mol. The molecule has 1 fully saturated rings. The molecule has 1 aliphatic heterocycles. The lowest BCUT2D eigenvalue weighted by molar-refractivity contribution is 0.102. The molecule has 0 aliphatic carbocycles. The van der Waals surface area contributed by atoms with Gasteiger partial charge in [-0.1, -0.05) is 0 Å². The SMILES string of the molecule is Cc1nc2c(F)cc(NC(=O)c3ccc(N4CCNCC4)nn3)cc2s1. The molecule has 134 valence electrons. The van der Waals surface area contributed by atoms with Gasteiger partial charge < -0.3 is 15.5 Å². The highest BCUT2D eigenvalue weighted by molar-refractivity contribution is 7.18. The van der Waals surface area contributed by atoms with Crippen molar-refractivity contribution in [2.45, 2.75) is 6.92 Å². The minimum Gasteiger partial charge on any atom is -0.353 e. The summed E-state index contributed by atoms with van der Waals surface area (Å²) < 4.78 is 14.8. The number of hydrogen-bond acceptors (Lipinski definition) is 7.